The molecule has 2 rings (SSSR count). The van der Waals surface area contributed by atoms with E-state index in [-0.39, 0.29) is 18.9 Å². The average Bonchev–Trinajstić information content (AvgIpc) is 3.25. The highest BCUT2D eigenvalue weighted by Crippen LogP contribution is 2.27. The van der Waals surface area contributed by atoms with Crippen LogP contribution in [0, 0.1) is 0 Å². The lowest BCUT2D eigenvalue weighted by atomic mass is 9.95. The largest absolute Gasteiger partial charge is 0.469 e. The Bertz CT molecular complexity index is 553. The van der Waals surface area contributed by atoms with Crippen LogP contribution in [0.3, 0.4) is 0 Å². The number of β-amino-alcohol motifs (C(OH)–C–C–N with tert-alkyl or cyclic N) is 1. The molecule has 11 nitrogen and oxygen atoms in total. The van der Waals surface area contributed by atoms with Gasteiger partial charge in [-0.3, -0.25) is 4.79 Å². The van der Waals surface area contributed by atoms with Crippen LogP contribution in [-0.4, -0.2) is 112 Å². The van der Waals surface area contributed by atoms with Crippen molar-refractivity contribution in [3.63, 3.8) is 0 Å². The van der Waals surface area contributed by atoms with E-state index in [1.54, 1.807) is 0 Å². The maximum Gasteiger partial charge on any atom is 0.305 e. The number of carbonyl (C=O) groups excluding carboxylic acids is 1. The van der Waals surface area contributed by atoms with E-state index >= 15 is 0 Å². The fraction of sp³-hybridized carbons (Fsp3) is 0.952. The summed E-state index contributed by atoms with van der Waals surface area (Å²) in [6, 6.07) is -0.906. The fourth-order valence-corrected chi connectivity index (χ4v) is 4.10. The van der Waals surface area contributed by atoms with E-state index in [2.05, 4.69) is 10.1 Å². The molecule has 2 heterocycles. The number of nitrogens with one attached hydrogen (secondary N) is 1. The lowest BCUT2D eigenvalue weighted by molar-refractivity contribution is -0.171. The molecule has 188 valence electrons. The molecule has 0 aliphatic carbocycles. The van der Waals surface area contributed by atoms with Crippen molar-refractivity contribution in [3.8, 4) is 0 Å². The lowest BCUT2D eigenvalue weighted by Crippen LogP contribution is -2.50. The minimum Gasteiger partial charge on any atom is -0.469 e. The highest BCUT2D eigenvalue weighted by molar-refractivity contribution is 5.68. The fourth-order valence-electron chi connectivity index (χ4n) is 4.10. The second kappa shape index (κ2) is 13.7. The Kier molecular flexibility index (Phi) is 11.7. The van der Waals surface area contributed by atoms with E-state index in [4.69, 9.17) is 9.47 Å². The molecule has 32 heavy (non-hydrogen) atoms. The van der Waals surface area contributed by atoms with Crippen molar-refractivity contribution in [1.82, 2.24) is 5.32 Å². The molecule has 11 heteroatoms. The van der Waals surface area contributed by atoms with Crippen LogP contribution in [0.5, 0.6) is 0 Å². The van der Waals surface area contributed by atoms with Gasteiger partial charge in [-0.05, 0) is 12.8 Å². The first kappa shape index (κ1) is 27.4. The summed E-state index contributed by atoms with van der Waals surface area (Å²) >= 11 is 0. The minimum atomic E-state index is -1.39. The summed E-state index contributed by atoms with van der Waals surface area (Å²) < 4.78 is 15.7. The molecule has 0 spiro atoms. The standard InChI is InChI=1S/C21H39NO10/c1-30-15(25)8-6-4-2-3-5-7-9-31-21-20(29)19(28)14(32-21)10-12(23)17(26)16-18(27)13(24)11-22-16/h12-14,16-24,26-29H,2-11H2,1H3/t12?,13-,14-,16-,17+,18+,19-,20+,21+/m1/s1. The number of aliphatic hydroxyl groups excluding tert-OH is 6. The molecule has 0 bridgehead atoms. The molecular formula is C21H39NO10. The highest BCUT2D eigenvalue weighted by Gasteiger charge is 2.46. The number of hydrogen-bond acceptors (Lipinski definition) is 11. The van der Waals surface area contributed by atoms with Gasteiger partial charge < -0.3 is 50.2 Å². The number of ether oxygens (including phenoxy) is 3. The van der Waals surface area contributed by atoms with Gasteiger partial charge in [0.1, 0.15) is 12.2 Å². The average molecular weight is 466 g/mol. The molecule has 2 aliphatic rings. The molecule has 7 N–H and O–H groups in total. The van der Waals surface area contributed by atoms with Gasteiger partial charge >= 0.3 is 5.97 Å². The van der Waals surface area contributed by atoms with Gasteiger partial charge in [-0.1, -0.05) is 25.7 Å². The third-order valence-corrected chi connectivity index (χ3v) is 6.16. The second-order valence-corrected chi connectivity index (χ2v) is 8.63. The first-order valence-corrected chi connectivity index (χ1v) is 11.4. The molecule has 0 radical (unpaired) electrons. The zero-order chi connectivity index (χ0) is 23.7. The van der Waals surface area contributed by atoms with Crippen molar-refractivity contribution in [3.05, 3.63) is 0 Å². The summed E-state index contributed by atoms with van der Waals surface area (Å²) in [5.41, 5.74) is 0. The molecule has 9 atom stereocenters. The molecule has 2 aliphatic heterocycles. The number of hydrogen-bond donors (Lipinski definition) is 7. The van der Waals surface area contributed by atoms with E-state index in [0.29, 0.717) is 13.0 Å². The third-order valence-electron chi connectivity index (χ3n) is 6.16. The number of unbranched alkanes of at least 4 members (excludes halogenated alkanes) is 5. The summed E-state index contributed by atoms with van der Waals surface area (Å²) in [6.07, 6.45) is -3.85. The minimum absolute atomic E-state index is 0.0975. The molecule has 0 saturated carbocycles. The van der Waals surface area contributed by atoms with Crippen LogP contribution in [0.4, 0.5) is 0 Å². The monoisotopic (exact) mass is 465 g/mol. The number of carbonyl (C=O) groups is 1. The van der Waals surface area contributed by atoms with Gasteiger partial charge in [-0.25, -0.2) is 0 Å². The van der Waals surface area contributed by atoms with Crippen molar-refractivity contribution in [2.75, 3.05) is 20.3 Å². The zero-order valence-electron chi connectivity index (χ0n) is 18.6. The van der Waals surface area contributed by atoms with Gasteiger partial charge in [0.2, 0.25) is 0 Å². The van der Waals surface area contributed by atoms with Crippen LogP contribution >= 0.6 is 0 Å². The molecule has 2 saturated heterocycles. The number of aliphatic hydroxyl groups is 6. The van der Waals surface area contributed by atoms with E-state index in [1.807, 2.05) is 0 Å². The smallest absolute Gasteiger partial charge is 0.305 e. The molecule has 1 unspecified atom stereocenters. The van der Waals surface area contributed by atoms with Crippen LogP contribution in [0.2, 0.25) is 0 Å². The quantitative estimate of drug-likeness (QED) is 0.113. The van der Waals surface area contributed by atoms with Crippen molar-refractivity contribution in [1.29, 1.82) is 0 Å². The molecule has 0 aromatic carbocycles. The maximum absolute atomic E-state index is 11.0. The first-order valence-electron chi connectivity index (χ1n) is 11.4. The summed E-state index contributed by atoms with van der Waals surface area (Å²) in [5.74, 6) is -0.192. The number of methoxy groups -OCH3 is 1. The Morgan fingerprint density at radius 2 is 1.66 bits per heavy atom. The Labute approximate surface area is 188 Å². The molecule has 0 aromatic heterocycles. The van der Waals surface area contributed by atoms with Gasteiger partial charge in [0.15, 0.2) is 6.29 Å². The number of rotatable bonds is 14. The lowest BCUT2D eigenvalue weighted by Gasteiger charge is -2.28. The van der Waals surface area contributed by atoms with Crippen molar-refractivity contribution >= 4 is 5.97 Å². The van der Waals surface area contributed by atoms with E-state index in [9.17, 15) is 35.4 Å². The van der Waals surface area contributed by atoms with Crippen LogP contribution < -0.4 is 5.32 Å². The van der Waals surface area contributed by atoms with Gasteiger partial charge in [0, 0.05) is 26.0 Å². The SMILES string of the molecule is COC(=O)CCCCCCCCO[C@H]1O[C@H](CC(O)[C@H](O)[C@H]2NC[C@@H](O)[C@@H]2O)[C@@H](O)[C@@H]1O. The molecule has 0 aromatic rings. The first-order chi connectivity index (χ1) is 15.3. The molecule has 2 fully saturated rings. The van der Waals surface area contributed by atoms with Crippen LogP contribution in [0.15, 0.2) is 0 Å². The molecular weight excluding hydrogens is 426 g/mol. The van der Waals surface area contributed by atoms with E-state index in [0.717, 1.165) is 38.5 Å². The normalized spacial score (nSPS) is 34.5. The van der Waals surface area contributed by atoms with E-state index < -0.39 is 55.1 Å². The van der Waals surface area contributed by atoms with Gasteiger partial charge in [-0.2, -0.15) is 0 Å². The predicted octanol–water partition coefficient (Wildman–Crippen LogP) is -1.84. The van der Waals surface area contributed by atoms with Crippen LogP contribution in [0.25, 0.3) is 0 Å². The van der Waals surface area contributed by atoms with Gasteiger partial charge in [-0.15, -0.1) is 0 Å². The Balaban J connectivity index is 1.61. The number of esters is 1. The second-order valence-electron chi connectivity index (χ2n) is 8.63. The van der Waals surface area contributed by atoms with Crippen molar-refractivity contribution in [2.24, 2.45) is 0 Å². The van der Waals surface area contributed by atoms with Crippen LogP contribution in [-0.2, 0) is 19.0 Å². The topological polar surface area (TPSA) is 178 Å². The zero-order valence-corrected chi connectivity index (χ0v) is 18.6. The molecule has 0 amide bonds. The predicted molar refractivity (Wildman–Crippen MR) is 111 cm³/mol. The Morgan fingerprint density at radius 1 is 1.00 bits per heavy atom. The summed E-state index contributed by atoms with van der Waals surface area (Å²) in [5, 5.41) is 63.1. The Hall–Kier alpha value is -0.890. The highest BCUT2D eigenvalue weighted by atomic mass is 16.7. The van der Waals surface area contributed by atoms with Gasteiger partial charge in [0.25, 0.3) is 0 Å². The Morgan fingerprint density at radius 3 is 2.28 bits per heavy atom. The summed E-state index contributed by atoms with van der Waals surface area (Å²) in [4.78, 5) is 11.0. The maximum atomic E-state index is 11.0. The summed E-state index contributed by atoms with van der Waals surface area (Å²) in [6.45, 7) is 0.435. The third kappa shape index (κ3) is 7.86. The van der Waals surface area contributed by atoms with Crippen molar-refractivity contribution < 1.29 is 49.6 Å². The van der Waals surface area contributed by atoms with E-state index in [1.165, 1.54) is 7.11 Å². The summed E-state index contributed by atoms with van der Waals surface area (Å²) in [7, 11) is 1.38. The van der Waals surface area contributed by atoms with Gasteiger partial charge in [0.05, 0.1) is 43.7 Å². The van der Waals surface area contributed by atoms with Crippen molar-refractivity contribution in [2.45, 2.75) is 106 Å². The van der Waals surface area contributed by atoms with Crippen LogP contribution in [0.1, 0.15) is 51.4 Å².